The highest BCUT2D eigenvalue weighted by atomic mass is 16.5. The van der Waals surface area contributed by atoms with Crippen LogP contribution in [0.5, 0.6) is 5.75 Å². The average molecular weight is 494 g/mol. The lowest BCUT2D eigenvalue weighted by atomic mass is 10.1. The summed E-state index contributed by atoms with van der Waals surface area (Å²) in [6.07, 6.45) is 1.82. The maximum absolute atomic E-state index is 12.8. The highest BCUT2D eigenvalue weighted by Crippen LogP contribution is 2.24. The molecule has 0 spiro atoms. The van der Waals surface area contributed by atoms with Gasteiger partial charge in [-0.1, -0.05) is 60.7 Å². The summed E-state index contributed by atoms with van der Waals surface area (Å²) in [6, 6.07) is 34.3. The van der Waals surface area contributed by atoms with Crippen molar-refractivity contribution in [3.8, 4) is 5.75 Å². The lowest BCUT2D eigenvalue weighted by Gasteiger charge is -2.17. The van der Waals surface area contributed by atoms with Gasteiger partial charge in [0.15, 0.2) is 0 Å². The molecule has 0 aromatic heterocycles. The van der Waals surface area contributed by atoms with Gasteiger partial charge in [-0.15, -0.1) is 0 Å². The molecule has 188 valence electrons. The van der Waals surface area contributed by atoms with E-state index in [1.807, 2.05) is 72.8 Å². The van der Waals surface area contributed by atoms with Gasteiger partial charge in [0.2, 0.25) is 5.91 Å². The van der Waals surface area contributed by atoms with Crippen LogP contribution in [0.25, 0.3) is 0 Å². The number of ether oxygens (including phenoxy) is 1. The van der Waals surface area contributed by atoms with Crippen molar-refractivity contribution in [3.05, 3.63) is 120 Å². The van der Waals surface area contributed by atoms with Gasteiger partial charge < -0.3 is 20.3 Å². The molecule has 6 nitrogen and oxygen atoms in total. The molecule has 0 radical (unpaired) electrons. The van der Waals surface area contributed by atoms with Crippen LogP contribution in [0.4, 0.5) is 17.1 Å². The van der Waals surface area contributed by atoms with E-state index in [9.17, 15) is 9.59 Å². The largest absolute Gasteiger partial charge is 0.491 e. The molecule has 2 amide bonds. The van der Waals surface area contributed by atoms with E-state index in [4.69, 9.17) is 4.74 Å². The minimum absolute atomic E-state index is 0.0829. The predicted octanol–water partition coefficient (Wildman–Crippen LogP) is 6.03. The second kappa shape index (κ2) is 12.9. The molecule has 4 aromatic rings. The highest BCUT2D eigenvalue weighted by molar-refractivity contribution is 6.05. The van der Waals surface area contributed by atoms with Gasteiger partial charge in [0, 0.05) is 24.0 Å². The van der Waals surface area contributed by atoms with Gasteiger partial charge in [-0.25, -0.2) is 0 Å². The van der Waals surface area contributed by atoms with Crippen molar-refractivity contribution in [2.45, 2.75) is 12.8 Å². The first-order valence-corrected chi connectivity index (χ1v) is 12.3. The quantitative estimate of drug-likeness (QED) is 0.251. The standard InChI is InChI=1S/C31H31N3O3/c1-34(27-14-6-3-7-15-27)31(36)25-18-20-26(21-19-25)32-23-30(35)33-28-16-8-9-17-29(28)37-22-10-13-24-11-4-2-5-12-24/h2-9,11-12,14-21,32H,10,13,22-23H2,1H3,(H,33,35). The van der Waals surface area contributed by atoms with Crippen LogP contribution < -0.4 is 20.3 Å². The number of aryl methyl sites for hydroxylation is 1. The lowest BCUT2D eigenvalue weighted by molar-refractivity contribution is -0.114. The van der Waals surface area contributed by atoms with E-state index in [1.165, 1.54) is 5.56 Å². The van der Waals surface area contributed by atoms with Gasteiger partial charge in [0.1, 0.15) is 5.75 Å². The number of rotatable bonds is 11. The number of benzene rings is 4. The van der Waals surface area contributed by atoms with Crippen LogP contribution in [0.1, 0.15) is 22.3 Å². The van der Waals surface area contributed by atoms with Crippen LogP contribution >= 0.6 is 0 Å². The Morgan fingerprint density at radius 3 is 2.16 bits per heavy atom. The predicted molar refractivity (Wildman–Crippen MR) is 149 cm³/mol. The minimum atomic E-state index is -0.190. The molecule has 4 aromatic carbocycles. The van der Waals surface area contributed by atoms with Crippen molar-refractivity contribution in [2.24, 2.45) is 0 Å². The third kappa shape index (κ3) is 7.45. The second-order valence-electron chi connectivity index (χ2n) is 8.61. The molecular weight excluding hydrogens is 462 g/mol. The van der Waals surface area contributed by atoms with E-state index >= 15 is 0 Å². The highest BCUT2D eigenvalue weighted by Gasteiger charge is 2.13. The first-order valence-electron chi connectivity index (χ1n) is 12.3. The van der Waals surface area contributed by atoms with Gasteiger partial charge in [0.05, 0.1) is 18.8 Å². The number of para-hydroxylation sites is 3. The molecule has 0 unspecified atom stereocenters. The molecule has 0 fully saturated rings. The summed E-state index contributed by atoms with van der Waals surface area (Å²) in [6.45, 7) is 0.643. The Balaban J connectivity index is 1.25. The van der Waals surface area contributed by atoms with E-state index in [-0.39, 0.29) is 18.4 Å². The van der Waals surface area contributed by atoms with Crippen LogP contribution in [0, 0.1) is 0 Å². The van der Waals surface area contributed by atoms with Crippen LogP contribution in [-0.4, -0.2) is 32.0 Å². The number of carbonyl (C=O) groups excluding carboxylic acids is 2. The zero-order valence-electron chi connectivity index (χ0n) is 20.9. The lowest BCUT2D eigenvalue weighted by Crippen LogP contribution is -2.26. The van der Waals surface area contributed by atoms with Crippen molar-refractivity contribution in [3.63, 3.8) is 0 Å². The van der Waals surface area contributed by atoms with Gasteiger partial charge in [-0.3, -0.25) is 9.59 Å². The molecule has 2 N–H and O–H groups in total. The summed E-state index contributed by atoms with van der Waals surface area (Å²) < 4.78 is 5.94. The topological polar surface area (TPSA) is 70.7 Å². The molecule has 0 bridgehead atoms. The first kappa shape index (κ1) is 25.5. The molecular formula is C31H31N3O3. The Bertz CT molecular complexity index is 1290. The molecule has 4 rings (SSSR count). The number of hydrogen-bond donors (Lipinski definition) is 2. The zero-order valence-corrected chi connectivity index (χ0v) is 20.9. The van der Waals surface area contributed by atoms with Crippen molar-refractivity contribution >= 4 is 28.9 Å². The number of anilines is 3. The van der Waals surface area contributed by atoms with Gasteiger partial charge in [-0.05, 0) is 66.9 Å². The van der Waals surface area contributed by atoms with Gasteiger partial charge in [-0.2, -0.15) is 0 Å². The monoisotopic (exact) mass is 493 g/mol. The average Bonchev–Trinajstić information content (AvgIpc) is 2.95. The van der Waals surface area contributed by atoms with Crippen LogP contribution in [-0.2, 0) is 11.2 Å². The summed E-state index contributed by atoms with van der Waals surface area (Å²) in [4.78, 5) is 26.9. The molecule has 0 atom stereocenters. The third-order valence-electron chi connectivity index (χ3n) is 5.90. The Kier molecular flexibility index (Phi) is 8.92. The maximum Gasteiger partial charge on any atom is 0.258 e. The second-order valence-corrected chi connectivity index (χ2v) is 8.61. The Labute approximate surface area is 217 Å². The van der Waals surface area contributed by atoms with Gasteiger partial charge >= 0.3 is 0 Å². The van der Waals surface area contributed by atoms with E-state index < -0.39 is 0 Å². The van der Waals surface area contributed by atoms with Crippen LogP contribution in [0.3, 0.4) is 0 Å². The molecule has 6 heteroatoms. The Hall–Kier alpha value is -4.58. The summed E-state index contributed by atoms with van der Waals surface area (Å²) in [5, 5.41) is 6.02. The fourth-order valence-electron chi connectivity index (χ4n) is 3.87. The summed E-state index contributed by atoms with van der Waals surface area (Å²) in [5.41, 5.74) is 4.06. The van der Waals surface area contributed by atoms with Crippen molar-refractivity contribution in [2.75, 3.05) is 35.7 Å². The third-order valence-corrected chi connectivity index (χ3v) is 5.90. The molecule has 37 heavy (non-hydrogen) atoms. The molecule has 0 aliphatic heterocycles. The number of hydrogen-bond acceptors (Lipinski definition) is 4. The SMILES string of the molecule is CN(C(=O)c1ccc(NCC(=O)Nc2ccccc2OCCCc2ccccc2)cc1)c1ccccc1. The zero-order chi connectivity index (χ0) is 25.9. The number of nitrogens with one attached hydrogen (secondary N) is 2. The smallest absolute Gasteiger partial charge is 0.258 e. The van der Waals surface area contributed by atoms with Crippen molar-refractivity contribution in [1.29, 1.82) is 0 Å². The van der Waals surface area contributed by atoms with Crippen LogP contribution in [0.2, 0.25) is 0 Å². The van der Waals surface area contributed by atoms with Crippen molar-refractivity contribution < 1.29 is 14.3 Å². The van der Waals surface area contributed by atoms with E-state index in [2.05, 4.69) is 22.8 Å². The fourth-order valence-corrected chi connectivity index (χ4v) is 3.87. The summed E-state index contributed by atoms with van der Waals surface area (Å²) >= 11 is 0. The molecule has 0 aliphatic rings. The Morgan fingerprint density at radius 2 is 1.43 bits per heavy atom. The summed E-state index contributed by atoms with van der Waals surface area (Å²) in [7, 11) is 1.75. The molecule has 0 saturated carbocycles. The van der Waals surface area contributed by atoms with Crippen LogP contribution in [0.15, 0.2) is 109 Å². The number of amides is 2. The molecule has 0 saturated heterocycles. The van der Waals surface area contributed by atoms with E-state index in [1.54, 1.807) is 36.2 Å². The summed E-state index contributed by atoms with van der Waals surface area (Å²) in [5.74, 6) is 0.356. The maximum atomic E-state index is 12.8. The molecule has 0 heterocycles. The van der Waals surface area contributed by atoms with Crippen molar-refractivity contribution in [1.82, 2.24) is 0 Å². The fraction of sp³-hybridized carbons (Fsp3) is 0.161. The minimum Gasteiger partial charge on any atom is -0.491 e. The van der Waals surface area contributed by atoms with E-state index in [0.717, 1.165) is 24.2 Å². The normalized spacial score (nSPS) is 10.4. The number of carbonyl (C=O) groups is 2. The number of nitrogens with zero attached hydrogens (tertiary/aromatic N) is 1. The first-order chi connectivity index (χ1) is 18.1. The van der Waals surface area contributed by atoms with Gasteiger partial charge in [0.25, 0.3) is 5.91 Å². The van der Waals surface area contributed by atoms with E-state index in [0.29, 0.717) is 23.6 Å². The molecule has 0 aliphatic carbocycles. The Morgan fingerprint density at radius 1 is 0.784 bits per heavy atom.